The van der Waals surface area contributed by atoms with Crippen LogP contribution in [-0.2, 0) is 11.2 Å². The lowest BCUT2D eigenvalue weighted by atomic mass is 10.2. The molecule has 2 rings (SSSR count). The Morgan fingerprint density at radius 3 is 2.94 bits per heavy atom. The normalized spacial score (nSPS) is 10.6. The first-order valence-electron chi connectivity index (χ1n) is 4.43. The number of nitrogens with zero attached hydrogens (tertiary/aromatic N) is 2. The Hall–Kier alpha value is -0.980. The number of aromatic nitrogens is 2. The SMILES string of the molecule is O=C(O)CCc1csc(-c2ncc(Cl)s2)n1. The van der Waals surface area contributed by atoms with Crippen molar-refractivity contribution in [2.24, 2.45) is 0 Å². The molecule has 7 heteroatoms. The summed E-state index contributed by atoms with van der Waals surface area (Å²) in [6, 6.07) is 0. The monoisotopic (exact) mass is 274 g/mol. The molecule has 2 aromatic heterocycles. The molecular weight excluding hydrogens is 268 g/mol. The van der Waals surface area contributed by atoms with Crippen LogP contribution in [0.1, 0.15) is 12.1 Å². The molecule has 0 saturated carbocycles. The highest BCUT2D eigenvalue weighted by molar-refractivity contribution is 7.22. The number of aryl methyl sites for hydroxylation is 1. The van der Waals surface area contributed by atoms with E-state index in [1.54, 1.807) is 6.20 Å². The molecule has 0 spiro atoms. The number of hydrogen-bond acceptors (Lipinski definition) is 5. The van der Waals surface area contributed by atoms with Gasteiger partial charge in [0.25, 0.3) is 0 Å². The third-order valence-electron chi connectivity index (χ3n) is 1.81. The third kappa shape index (κ3) is 2.78. The van der Waals surface area contributed by atoms with E-state index in [1.807, 2.05) is 5.38 Å². The molecule has 0 aliphatic heterocycles. The van der Waals surface area contributed by atoms with Gasteiger partial charge in [0, 0.05) is 11.8 Å². The zero-order chi connectivity index (χ0) is 11.5. The Balaban J connectivity index is 2.10. The predicted octanol–water partition coefficient (Wildman–Crippen LogP) is 2.94. The lowest BCUT2D eigenvalue weighted by molar-refractivity contribution is -0.136. The lowest BCUT2D eigenvalue weighted by Crippen LogP contribution is -1.97. The fraction of sp³-hybridized carbons (Fsp3) is 0.222. The van der Waals surface area contributed by atoms with Crippen molar-refractivity contribution in [3.8, 4) is 10.0 Å². The van der Waals surface area contributed by atoms with Gasteiger partial charge in [0.1, 0.15) is 4.34 Å². The molecule has 84 valence electrons. The highest BCUT2D eigenvalue weighted by atomic mass is 35.5. The first kappa shape index (κ1) is 11.5. The summed E-state index contributed by atoms with van der Waals surface area (Å²) in [5, 5.41) is 12.0. The van der Waals surface area contributed by atoms with E-state index in [0.29, 0.717) is 10.8 Å². The van der Waals surface area contributed by atoms with Crippen LogP contribution in [0.25, 0.3) is 10.0 Å². The molecule has 2 aromatic rings. The van der Waals surface area contributed by atoms with E-state index < -0.39 is 5.97 Å². The summed E-state index contributed by atoms with van der Waals surface area (Å²) in [5.74, 6) is -0.813. The molecule has 0 aliphatic carbocycles. The van der Waals surface area contributed by atoms with Crippen LogP contribution in [-0.4, -0.2) is 21.0 Å². The molecule has 0 saturated heterocycles. The van der Waals surface area contributed by atoms with Gasteiger partial charge in [0.2, 0.25) is 0 Å². The maximum absolute atomic E-state index is 10.4. The van der Waals surface area contributed by atoms with Crippen LogP contribution in [0.3, 0.4) is 0 Å². The summed E-state index contributed by atoms with van der Waals surface area (Å²) in [6.07, 6.45) is 2.13. The number of aliphatic carboxylic acids is 1. The summed E-state index contributed by atoms with van der Waals surface area (Å²) < 4.78 is 0.622. The number of carbonyl (C=O) groups is 1. The predicted molar refractivity (Wildman–Crippen MR) is 64.2 cm³/mol. The van der Waals surface area contributed by atoms with E-state index in [4.69, 9.17) is 16.7 Å². The van der Waals surface area contributed by atoms with Gasteiger partial charge in [-0.15, -0.1) is 11.3 Å². The smallest absolute Gasteiger partial charge is 0.303 e. The van der Waals surface area contributed by atoms with E-state index >= 15 is 0 Å². The maximum Gasteiger partial charge on any atom is 0.303 e. The highest BCUT2D eigenvalue weighted by Gasteiger charge is 2.09. The molecule has 0 atom stereocenters. The summed E-state index contributed by atoms with van der Waals surface area (Å²) in [6.45, 7) is 0. The van der Waals surface area contributed by atoms with Crippen molar-refractivity contribution in [3.05, 3.63) is 21.6 Å². The Labute approximate surface area is 105 Å². The van der Waals surface area contributed by atoms with Crippen molar-refractivity contribution < 1.29 is 9.90 Å². The first-order chi connectivity index (χ1) is 7.65. The molecule has 1 N–H and O–H groups in total. The number of thiazole rings is 2. The third-order valence-corrected chi connectivity index (χ3v) is 3.96. The van der Waals surface area contributed by atoms with Gasteiger partial charge in [-0.1, -0.05) is 22.9 Å². The van der Waals surface area contributed by atoms with Crippen molar-refractivity contribution in [2.75, 3.05) is 0 Å². The Kier molecular flexibility index (Phi) is 3.52. The van der Waals surface area contributed by atoms with Gasteiger partial charge in [-0.25, -0.2) is 9.97 Å². The molecule has 4 nitrogen and oxygen atoms in total. The zero-order valence-electron chi connectivity index (χ0n) is 8.01. The van der Waals surface area contributed by atoms with Gasteiger partial charge in [0.05, 0.1) is 18.3 Å². The van der Waals surface area contributed by atoms with Crippen molar-refractivity contribution in [2.45, 2.75) is 12.8 Å². The Morgan fingerprint density at radius 2 is 2.31 bits per heavy atom. The second-order valence-corrected chi connectivity index (χ2v) is 5.53. The van der Waals surface area contributed by atoms with Crippen LogP contribution in [0, 0.1) is 0 Å². The Bertz CT molecular complexity index is 509. The van der Waals surface area contributed by atoms with Crippen molar-refractivity contribution in [1.29, 1.82) is 0 Å². The first-order valence-corrected chi connectivity index (χ1v) is 6.50. The molecule has 0 aromatic carbocycles. The van der Waals surface area contributed by atoms with E-state index in [2.05, 4.69) is 9.97 Å². The molecular formula is C9H7ClN2O2S2. The summed E-state index contributed by atoms with van der Waals surface area (Å²) in [5.41, 5.74) is 0.786. The van der Waals surface area contributed by atoms with Crippen LogP contribution in [0.2, 0.25) is 4.34 Å². The van der Waals surface area contributed by atoms with E-state index in [9.17, 15) is 4.79 Å². The largest absolute Gasteiger partial charge is 0.481 e. The highest BCUT2D eigenvalue weighted by Crippen LogP contribution is 2.30. The number of halogens is 1. The summed E-state index contributed by atoms with van der Waals surface area (Å²) >= 11 is 8.59. The Morgan fingerprint density at radius 1 is 1.50 bits per heavy atom. The lowest BCUT2D eigenvalue weighted by Gasteiger charge is -1.90. The molecule has 0 unspecified atom stereocenters. The quantitative estimate of drug-likeness (QED) is 0.931. The standard InChI is InChI=1S/C9H7ClN2O2S2/c10-6-3-11-8(16-6)9-12-5(4-15-9)1-2-7(13)14/h3-4H,1-2H2,(H,13,14). The fourth-order valence-corrected chi connectivity index (χ4v) is 2.92. The minimum Gasteiger partial charge on any atom is -0.481 e. The molecule has 0 aliphatic rings. The molecule has 0 radical (unpaired) electrons. The second-order valence-electron chi connectivity index (χ2n) is 3.01. The molecule has 0 fully saturated rings. The average molecular weight is 275 g/mol. The van der Waals surface area contributed by atoms with Gasteiger partial charge in [-0.2, -0.15) is 0 Å². The topological polar surface area (TPSA) is 63.1 Å². The molecule has 16 heavy (non-hydrogen) atoms. The maximum atomic E-state index is 10.4. The minimum absolute atomic E-state index is 0.0990. The van der Waals surface area contributed by atoms with Gasteiger partial charge in [0.15, 0.2) is 10.0 Å². The van der Waals surface area contributed by atoms with Crippen LogP contribution in [0.4, 0.5) is 0 Å². The van der Waals surface area contributed by atoms with Crippen LogP contribution in [0.5, 0.6) is 0 Å². The van der Waals surface area contributed by atoms with E-state index in [1.165, 1.54) is 22.7 Å². The van der Waals surface area contributed by atoms with Crippen LogP contribution < -0.4 is 0 Å². The van der Waals surface area contributed by atoms with Crippen LogP contribution >= 0.6 is 34.3 Å². The fourth-order valence-electron chi connectivity index (χ4n) is 1.11. The van der Waals surface area contributed by atoms with Crippen molar-refractivity contribution in [3.63, 3.8) is 0 Å². The number of carboxylic acids is 1. The van der Waals surface area contributed by atoms with E-state index in [-0.39, 0.29) is 6.42 Å². The van der Waals surface area contributed by atoms with E-state index in [0.717, 1.165) is 15.7 Å². The van der Waals surface area contributed by atoms with Crippen molar-refractivity contribution >= 4 is 40.2 Å². The zero-order valence-corrected chi connectivity index (χ0v) is 10.4. The molecule has 2 heterocycles. The van der Waals surface area contributed by atoms with Gasteiger partial charge in [-0.3, -0.25) is 4.79 Å². The summed E-state index contributed by atoms with van der Waals surface area (Å²) in [4.78, 5) is 18.8. The van der Waals surface area contributed by atoms with Gasteiger partial charge < -0.3 is 5.11 Å². The number of hydrogen-bond donors (Lipinski definition) is 1. The number of carboxylic acid groups (broad SMARTS) is 1. The van der Waals surface area contributed by atoms with Crippen LogP contribution in [0.15, 0.2) is 11.6 Å². The van der Waals surface area contributed by atoms with Gasteiger partial charge >= 0.3 is 5.97 Å². The summed E-state index contributed by atoms with van der Waals surface area (Å²) in [7, 11) is 0. The van der Waals surface area contributed by atoms with Crippen molar-refractivity contribution in [1.82, 2.24) is 9.97 Å². The average Bonchev–Trinajstić information content (AvgIpc) is 2.83. The second kappa shape index (κ2) is 4.90. The minimum atomic E-state index is -0.813. The molecule has 0 bridgehead atoms. The number of rotatable bonds is 4. The molecule has 0 amide bonds. The van der Waals surface area contributed by atoms with Gasteiger partial charge in [-0.05, 0) is 0 Å².